The summed E-state index contributed by atoms with van der Waals surface area (Å²) in [6.07, 6.45) is 3.66. The topological polar surface area (TPSA) is 98.9 Å². The molecule has 0 atom stereocenters. The van der Waals surface area contributed by atoms with E-state index in [0.29, 0.717) is 40.3 Å². The summed E-state index contributed by atoms with van der Waals surface area (Å²) in [6.45, 7) is 2.21. The number of imidazole rings is 1. The first kappa shape index (κ1) is 18.4. The first-order valence-electron chi connectivity index (χ1n) is 9.83. The second-order valence-electron chi connectivity index (χ2n) is 7.68. The lowest BCUT2D eigenvalue weighted by Crippen LogP contribution is -2.30. The van der Waals surface area contributed by atoms with E-state index >= 15 is 0 Å². The van der Waals surface area contributed by atoms with Crippen molar-refractivity contribution in [2.24, 2.45) is 0 Å². The summed E-state index contributed by atoms with van der Waals surface area (Å²) >= 11 is 0. The molecule has 30 heavy (non-hydrogen) atoms. The zero-order valence-electron chi connectivity index (χ0n) is 16.3. The summed E-state index contributed by atoms with van der Waals surface area (Å²) < 4.78 is 15.0. The van der Waals surface area contributed by atoms with Crippen molar-refractivity contribution in [2.45, 2.75) is 32.4 Å². The molecular weight excluding hydrogens is 385 g/mol. The van der Waals surface area contributed by atoms with Crippen LogP contribution in [0.4, 0.5) is 14.9 Å². The standard InChI is InChI=1S/C22H20FN5O2/c1-11-9-24-20(26-11)16-7-6-14(17-10-25-21(29)19(16)17)15-5-4-13(8-18(15)23)28-22(30)27-12-2-3-12/h4-9,12H,2-3,10H2,1H3,(H,24,26)(H,25,29)(H2,27,28,30). The molecular formula is C22H20FN5O2. The summed E-state index contributed by atoms with van der Waals surface area (Å²) in [4.78, 5) is 31.9. The molecule has 0 bridgehead atoms. The second kappa shape index (κ2) is 6.98. The first-order valence-corrected chi connectivity index (χ1v) is 9.83. The van der Waals surface area contributed by atoms with E-state index < -0.39 is 5.82 Å². The van der Waals surface area contributed by atoms with Gasteiger partial charge in [0.25, 0.3) is 5.91 Å². The highest BCUT2D eigenvalue weighted by Crippen LogP contribution is 2.36. The Kier molecular flexibility index (Phi) is 4.27. The largest absolute Gasteiger partial charge is 0.348 e. The minimum Gasteiger partial charge on any atom is -0.348 e. The van der Waals surface area contributed by atoms with Crippen molar-refractivity contribution in [3.63, 3.8) is 0 Å². The molecule has 3 aromatic rings. The SMILES string of the molecule is Cc1cnc(-c2ccc(-c3ccc(NC(=O)NC4CC4)cc3F)c3c2C(=O)NC3)[nH]1. The Morgan fingerprint density at radius 3 is 2.63 bits per heavy atom. The summed E-state index contributed by atoms with van der Waals surface area (Å²) in [5.41, 5.74) is 4.21. The van der Waals surface area contributed by atoms with Gasteiger partial charge in [-0.3, -0.25) is 4.79 Å². The number of rotatable bonds is 4. The van der Waals surface area contributed by atoms with Crippen LogP contribution >= 0.6 is 0 Å². The number of benzene rings is 2. The molecule has 0 radical (unpaired) electrons. The Balaban J connectivity index is 1.50. The van der Waals surface area contributed by atoms with Gasteiger partial charge in [0.1, 0.15) is 11.6 Å². The van der Waals surface area contributed by atoms with Gasteiger partial charge < -0.3 is 20.9 Å². The van der Waals surface area contributed by atoms with Crippen LogP contribution in [-0.4, -0.2) is 27.9 Å². The maximum atomic E-state index is 15.0. The number of aromatic amines is 1. The van der Waals surface area contributed by atoms with Crippen molar-refractivity contribution < 1.29 is 14.0 Å². The van der Waals surface area contributed by atoms with Crippen LogP contribution in [0, 0.1) is 12.7 Å². The Labute approximate surface area is 172 Å². The maximum Gasteiger partial charge on any atom is 0.319 e. The van der Waals surface area contributed by atoms with Crippen LogP contribution in [0.1, 0.15) is 34.5 Å². The maximum absolute atomic E-state index is 15.0. The molecule has 7 nitrogen and oxygen atoms in total. The molecule has 0 unspecified atom stereocenters. The van der Waals surface area contributed by atoms with Gasteiger partial charge in [-0.2, -0.15) is 0 Å². The number of nitrogens with one attached hydrogen (secondary N) is 4. The highest BCUT2D eigenvalue weighted by Gasteiger charge is 2.28. The number of amides is 3. The van der Waals surface area contributed by atoms with Gasteiger partial charge >= 0.3 is 6.03 Å². The van der Waals surface area contributed by atoms with Crippen LogP contribution in [0.5, 0.6) is 0 Å². The number of nitrogens with zero attached hydrogens (tertiary/aromatic N) is 1. The molecule has 2 heterocycles. The predicted molar refractivity (Wildman–Crippen MR) is 111 cm³/mol. The molecule has 1 fully saturated rings. The Morgan fingerprint density at radius 1 is 1.17 bits per heavy atom. The van der Waals surface area contributed by atoms with Crippen molar-refractivity contribution >= 4 is 17.6 Å². The van der Waals surface area contributed by atoms with Crippen LogP contribution in [0.15, 0.2) is 36.5 Å². The number of hydrogen-bond donors (Lipinski definition) is 4. The van der Waals surface area contributed by atoms with Gasteiger partial charge in [0.15, 0.2) is 0 Å². The van der Waals surface area contributed by atoms with Gasteiger partial charge in [0.05, 0.1) is 5.56 Å². The number of urea groups is 1. The van der Waals surface area contributed by atoms with Gasteiger partial charge in [0, 0.05) is 41.3 Å². The van der Waals surface area contributed by atoms with E-state index in [1.54, 1.807) is 30.5 Å². The van der Waals surface area contributed by atoms with Crippen molar-refractivity contribution in [1.29, 1.82) is 0 Å². The molecule has 4 N–H and O–H groups in total. The molecule has 8 heteroatoms. The average Bonchev–Trinajstić information content (AvgIpc) is 3.27. The number of anilines is 1. The number of halogens is 1. The Morgan fingerprint density at radius 2 is 1.93 bits per heavy atom. The average molecular weight is 405 g/mol. The lowest BCUT2D eigenvalue weighted by molar-refractivity contribution is 0.0966. The van der Waals surface area contributed by atoms with Crippen molar-refractivity contribution in [2.75, 3.05) is 5.32 Å². The molecule has 1 aliphatic heterocycles. The van der Waals surface area contributed by atoms with Crippen LogP contribution < -0.4 is 16.0 Å². The molecule has 0 saturated heterocycles. The number of carbonyl (C=O) groups is 2. The predicted octanol–water partition coefficient (Wildman–Crippen LogP) is 3.72. The lowest BCUT2D eigenvalue weighted by atomic mass is 9.92. The van der Waals surface area contributed by atoms with Crippen LogP contribution in [0.3, 0.4) is 0 Å². The van der Waals surface area contributed by atoms with Gasteiger partial charge in [-0.25, -0.2) is 14.2 Å². The van der Waals surface area contributed by atoms with Crippen LogP contribution in [0.25, 0.3) is 22.5 Å². The number of H-pyrrole nitrogens is 1. The van der Waals surface area contributed by atoms with E-state index in [1.807, 2.05) is 6.92 Å². The molecule has 1 saturated carbocycles. The fourth-order valence-electron chi connectivity index (χ4n) is 3.74. The molecule has 1 aliphatic carbocycles. The lowest BCUT2D eigenvalue weighted by Gasteiger charge is -2.13. The van der Waals surface area contributed by atoms with Crippen molar-refractivity contribution in [3.8, 4) is 22.5 Å². The molecule has 0 spiro atoms. The minimum absolute atomic E-state index is 0.202. The molecule has 3 amide bonds. The zero-order chi connectivity index (χ0) is 20.8. The fourth-order valence-corrected chi connectivity index (χ4v) is 3.74. The monoisotopic (exact) mass is 405 g/mol. The molecule has 5 rings (SSSR count). The number of fused-ring (bicyclic) bond motifs is 1. The summed E-state index contributed by atoms with van der Waals surface area (Å²) in [5, 5.41) is 8.28. The number of aromatic nitrogens is 2. The summed E-state index contributed by atoms with van der Waals surface area (Å²) in [5.74, 6) is -0.0669. The van der Waals surface area contributed by atoms with E-state index in [-0.39, 0.29) is 18.0 Å². The minimum atomic E-state index is -0.470. The van der Waals surface area contributed by atoms with E-state index in [0.717, 1.165) is 24.1 Å². The van der Waals surface area contributed by atoms with Crippen molar-refractivity contribution in [1.82, 2.24) is 20.6 Å². The molecule has 1 aromatic heterocycles. The van der Waals surface area contributed by atoms with Gasteiger partial charge in [-0.15, -0.1) is 0 Å². The highest BCUT2D eigenvalue weighted by atomic mass is 19.1. The van der Waals surface area contributed by atoms with Crippen LogP contribution in [-0.2, 0) is 6.54 Å². The van der Waals surface area contributed by atoms with E-state index in [2.05, 4.69) is 25.9 Å². The third-order valence-electron chi connectivity index (χ3n) is 5.35. The first-order chi connectivity index (χ1) is 14.5. The second-order valence-corrected chi connectivity index (χ2v) is 7.68. The Hall–Kier alpha value is -3.68. The summed E-state index contributed by atoms with van der Waals surface area (Å²) in [6, 6.07) is 8.05. The quantitative estimate of drug-likeness (QED) is 0.532. The smallest absolute Gasteiger partial charge is 0.319 e. The molecule has 2 aliphatic rings. The summed E-state index contributed by atoms with van der Waals surface area (Å²) in [7, 11) is 0. The van der Waals surface area contributed by atoms with E-state index in [1.165, 1.54) is 6.07 Å². The van der Waals surface area contributed by atoms with E-state index in [9.17, 15) is 14.0 Å². The molecule has 152 valence electrons. The normalized spacial score (nSPS) is 14.9. The van der Waals surface area contributed by atoms with E-state index in [4.69, 9.17) is 0 Å². The number of carbonyl (C=O) groups excluding carboxylic acids is 2. The third kappa shape index (κ3) is 3.30. The van der Waals surface area contributed by atoms with Crippen LogP contribution in [0.2, 0.25) is 0 Å². The van der Waals surface area contributed by atoms with Gasteiger partial charge in [0.2, 0.25) is 0 Å². The fraction of sp³-hybridized carbons (Fsp3) is 0.227. The number of hydrogen-bond acceptors (Lipinski definition) is 3. The van der Waals surface area contributed by atoms with Gasteiger partial charge in [-0.05, 0) is 55.2 Å². The third-order valence-corrected chi connectivity index (χ3v) is 5.35. The van der Waals surface area contributed by atoms with Crippen molar-refractivity contribution in [3.05, 3.63) is 59.2 Å². The van der Waals surface area contributed by atoms with Gasteiger partial charge in [-0.1, -0.05) is 6.07 Å². The number of aryl methyl sites for hydroxylation is 1. The molecule has 2 aromatic carbocycles. The zero-order valence-corrected chi connectivity index (χ0v) is 16.3. The highest BCUT2D eigenvalue weighted by molar-refractivity contribution is 6.06. The Bertz CT molecular complexity index is 1180.